The molecule has 0 aliphatic heterocycles. The number of H-pyrrole nitrogens is 1. The number of phenols is 1. The average Bonchev–Trinajstić information content (AvgIpc) is 3.43. The van der Waals surface area contributed by atoms with Gasteiger partial charge in [-0.1, -0.05) is 98.9 Å². The Labute approximate surface area is 318 Å². The molecule has 4 aromatic carbocycles. The van der Waals surface area contributed by atoms with Gasteiger partial charge < -0.3 is 24.9 Å². The molecule has 1 amide bonds. The summed E-state index contributed by atoms with van der Waals surface area (Å²) in [5.41, 5.74) is 5.98. The lowest BCUT2D eigenvalue weighted by Crippen LogP contribution is -2.43. The fourth-order valence-electron chi connectivity index (χ4n) is 6.24. The zero-order chi connectivity index (χ0) is 38.6. The smallest absolute Gasteiger partial charge is 0.409 e. The number of rotatable bonds is 13. The van der Waals surface area contributed by atoms with E-state index in [0.717, 1.165) is 43.4 Å². The van der Waals surface area contributed by atoms with Crippen LogP contribution >= 0.6 is 11.3 Å². The van der Waals surface area contributed by atoms with E-state index in [4.69, 9.17) is 4.43 Å². The second-order valence-corrected chi connectivity index (χ2v) is 20.6. The molecule has 0 radical (unpaired) electrons. The van der Waals surface area contributed by atoms with E-state index in [1.54, 1.807) is 16.7 Å². The van der Waals surface area contributed by atoms with Gasteiger partial charge in [-0.15, -0.1) is 0 Å². The molecule has 0 aliphatic rings. The minimum Gasteiger partial charge on any atom is -0.506 e. The second kappa shape index (κ2) is 16.0. The molecule has 54 heavy (non-hydrogen) atoms. The third-order valence-corrected chi connectivity index (χ3v) is 15.5. The first-order valence-electron chi connectivity index (χ1n) is 17.9. The number of benzene rings is 4. The van der Waals surface area contributed by atoms with Gasteiger partial charge in [0.25, 0.3) is 0 Å². The minimum atomic E-state index is -2.23. The number of hydrogen-bond donors (Lipinski definition) is 5. The Hall–Kier alpha value is -5.27. The Morgan fingerprint density at radius 2 is 1.78 bits per heavy atom. The van der Waals surface area contributed by atoms with Crippen molar-refractivity contribution in [3.05, 3.63) is 134 Å². The van der Waals surface area contributed by atoms with Gasteiger partial charge in [-0.05, 0) is 77.1 Å². The van der Waals surface area contributed by atoms with Gasteiger partial charge in [-0.2, -0.15) is 0 Å². The van der Waals surface area contributed by atoms with Crippen LogP contribution in [-0.4, -0.2) is 40.7 Å². The number of aromatic nitrogens is 2. The van der Waals surface area contributed by atoms with Crippen molar-refractivity contribution in [1.82, 2.24) is 14.9 Å². The monoisotopic (exact) mass is 762 g/mol. The van der Waals surface area contributed by atoms with Crippen LogP contribution in [-0.2, 0) is 17.5 Å². The molecule has 0 saturated heterocycles. The molecule has 12 heteroatoms. The van der Waals surface area contributed by atoms with Gasteiger partial charge in [0.05, 0.1) is 27.5 Å². The Morgan fingerprint density at radius 1 is 1.00 bits per heavy atom. The summed E-state index contributed by atoms with van der Waals surface area (Å²) in [6, 6.07) is 28.0. The third-order valence-electron chi connectivity index (χ3n) is 10.1. The van der Waals surface area contributed by atoms with E-state index in [-0.39, 0.29) is 27.3 Å². The molecule has 0 fully saturated rings. The molecule has 0 unspecified atom stereocenters. The van der Waals surface area contributed by atoms with E-state index in [0.29, 0.717) is 37.3 Å². The third kappa shape index (κ3) is 8.74. The fraction of sp³-hybridized carbons (Fsp3) is 0.262. The maximum Gasteiger partial charge on any atom is 0.409 e. The highest BCUT2D eigenvalue weighted by molar-refractivity contribution is 7.16. The van der Waals surface area contributed by atoms with Crippen LogP contribution in [0, 0.1) is 0 Å². The summed E-state index contributed by atoms with van der Waals surface area (Å²) in [6.45, 7) is 12.6. The van der Waals surface area contributed by atoms with E-state index >= 15 is 0 Å². The number of anilines is 1. The quantitative estimate of drug-likeness (QED) is 0.0738. The SMILES string of the molecule is CC(C)(C)[Si](C)(C)O[C@@H](CNCc1ccc2c(c1)sc(=O)n2CCC=Cc1ccc(-c2ccccc2)c(NC(=O)O)c1)c1ccc(O)c2[nH]c(=O)ccc12. The van der Waals surface area contributed by atoms with Crippen LogP contribution in [0.1, 0.15) is 50.0 Å². The van der Waals surface area contributed by atoms with Crippen LogP contribution in [0.5, 0.6) is 5.75 Å². The predicted octanol–water partition coefficient (Wildman–Crippen LogP) is 9.32. The van der Waals surface area contributed by atoms with Gasteiger partial charge in [0.2, 0.25) is 5.56 Å². The largest absolute Gasteiger partial charge is 0.506 e. The Balaban J connectivity index is 1.14. The summed E-state index contributed by atoms with van der Waals surface area (Å²) in [5, 5.41) is 26.7. The Kier molecular flexibility index (Phi) is 11.4. The van der Waals surface area contributed by atoms with Gasteiger partial charge in [0.15, 0.2) is 8.32 Å². The number of allylic oxidation sites excluding steroid dienone is 1. The normalized spacial score (nSPS) is 12.8. The average molecular weight is 763 g/mol. The molecular weight excluding hydrogens is 717 g/mol. The highest BCUT2D eigenvalue weighted by Gasteiger charge is 2.39. The number of thiazole rings is 1. The number of hydrogen-bond acceptors (Lipinski definition) is 7. The van der Waals surface area contributed by atoms with Gasteiger partial charge in [0, 0.05) is 36.7 Å². The van der Waals surface area contributed by atoms with Crippen molar-refractivity contribution in [1.29, 1.82) is 0 Å². The van der Waals surface area contributed by atoms with Crippen LogP contribution < -0.4 is 21.1 Å². The Bertz CT molecular complexity index is 2450. The number of aryl methyl sites for hydroxylation is 1. The van der Waals surface area contributed by atoms with E-state index in [1.165, 1.54) is 17.4 Å². The topological polar surface area (TPSA) is 146 Å². The molecule has 2 aromatic heterocycles. The first-order chi connectivity index (χ1) is 25.7. The molecule has 2 heterocycles. The summed E-state index contributed by atoms with van der Waals surface area (Å²) in [6.07, 6.45) is 3.09. The number of amides is 1. The van der Waals surface area contributed by atoms with Gasteiger partial charge in [0.1, 0.15) is 5.75 Å². The number of nitrogens with one attached hydrogen (secondary N) is 3. The second-order valence-electron chi connectivity index (χ2n) is 14.9. The molecular formula is C42H46N4O6SSi. The zero-order valence-electron chi connectivity index (χ0n) is 31.1. The lowest BCUT2D eigenvalue weighted by atomic mass is 10.0. The summed E-state index contributed by atoms with van der Waals surface area (Å²) < 4.78 is 9.64. The van der Waals surface area contributed by atoms with Crippen molar-refractivity contribution in [3.63, 3.8) is 0 Å². The van der Waals surface area contributed by atoms with E-state index in [9.17, 15) is 24.6 Å². The van der Waals surface area contributed by atoms with Crippen molar-refractivity contribution >= 4 is 58.6 Å². The molecule has 0 saturated carbocycles. The van der Waals surface area contributed by atoms with E-state index in [2.05, 4.69) is 55.5 Å². The highest BCUT2D eigenvalue weighted by atomic mass is 32.1. The number of nitrogens with zero attached hydrogens (tertiary/aromatic N) is 1. The molecule has 10 nitrogen and oxygen atoms in total. The van der Waals surface area contributed by atoms with Crippen molar-refractivity contribution in [2.45, 2.75) is 64.5 Å². The number of carboxylic acid groups (broad SMARTS) is 1. The summed E-state index contributed by atoms with van der Waals surface area (Å²) in [5.74, 6) is 0.0127. The van der Waals surface area contributed by atoms with Crippen LogP contribution in [0.25, 0.3) is 38.3 Å². The molecule has 6 rings (SSSR count). The highest BCUT2D eigenvalue weighted by Crippen LogP contribution is 2.41. The number of carbonyl (C=O) groups is 1. The Morgan fingerprint density at radius 3 is 2.52 bits per heavy atom. The number of phenolic OH excluding ortho intramolecular Hbond substituents is 1. The number of aromatic hydroxyl groups is 1. The summed E-state index contributed by atoms with van der Waals surface area (Å²) >= 11 is 1.23. The maximum atomic E-state index is 13.1. The maximum absolute atomic E-state index is 13.1. The first-order valence-corrected chi connectivity index (χ1v) is 21.6. The molecule has 1 atom stereocenters. The number of aromatic amines is 1. The van der Waals surface area contributed by atoms with Crippen LogP contribution in [0.4, 0.5) is 10.5 Å². The molecule has 0 bridgehead atoms. The van der Waals surface area contributed by atoms with Gasteiger partial charge >= 0.3 is 11.0 Å². The molecule has 0 spiro atoms. The lowest BCUT2D eigenvalue weighted by molar-refractivity contribution is 0.181. The van der Waals surface area contributed by atoms with Crippen LogP contribution in [0.2, 0.25) is 18.1 Å². The van der Waals surface area contributed by atoms with Gasteiger partial charge in [-0.3, -0.25) is 19.5 Å². The van der Waals surface area contributed by atoms with Gasteiger partial charge in [-0.25, -0.2) is 4.79 Å². The first kappa shape index (κ1) is 38.5. The van der Waals surface area contributed by atoms with Crippen molar-refractivity contribution < 1.29 is 19.4 Å². The van der Waals surface area contributed by atoms with E-state index < -0.39 is 14.4 Å². The molecule has 5 N–H and O–H groups in total. The standard InChI is InChI=1S/C42H46N4O6SSi/c1-42(2,3)54(4,5)52-36(31-17-20-35(47)39-32(31)18-21-38(48)45-39)26-43-25-28-15-19-34-37(24-28)53-41(51)46(34)22-10-9-11-27-14-16-30(29-12-7-6-8-13-29)33(23-27)44-40(49)50/h6-9,11-21,23-24,36,43-44,47H,10,22,25-26H2,1-5H3,(H,45,48)(H,49,50)/t36-/m0/s1. The van der Waals surface area contributed by atoms with Crippen LogP contribution in [0.15, 0.2) is 107 Å². The summed E-state index contributed by atoms with van der Waals surface area (Å²) in [7, 11) is -2.23. The lowest BCUT2D eigenvalue weighted by Gasteiger charge is -2.39. The van der Waals surface area contributed by atoms with Crippen molar-refractivity contribution in [2.75, 3.05) is 11.9 Å². The van der Waals surface area contributed by atoms with Crippen molar-refractivity contribution in [2.24, 2.45) is 0 Å². The zero-order valence-corrected chi connectivity index (χ0v) is 32.9. The fourth-order valence-corrected chi connectivity index (χ4v) is 8.50. The van der Waals surface area contributed by atoms with Crippen LogP contribution in [0.3, 0.4) is 0 Å². The van der Waals surface area contributed by atoms with E-state index in [1.807, 2.05) is 78.9 Å². The number of pyridine rings is 1. The minimum absolute atomic E-state index is 0.0127. The molecule has 280 valence electrons. The number of fused-ring (bicyclic) bond motifs is 2. The predicted molar refractivity (Wildman–Crippen MR) is 222 cm³/mol. The summed E-state index contributed by atoms with van der Waals surface area (Å²) in [4.78, 5) is 39.4. The van der Waals surface area contributed by atoms with Crippen molar-refractivity contribution in [3.8, 4) is 16.9 Å². The molecule has 0 aliphatic carbocycles. The molecule has 6 aromatic rings.